The molecule has 0 aliphatic rings. The van der Waals surface area contributed by atoms with Gasteiger partial charge in [0.25, 0.3) is 0 Å². The molecule has 0 aromatic heterocycles. The molecule has 5 nitrogen and oxygen atoms in total. The molecule has 6 heteroatoms. The standard InChI is InChI=1S/C6H15O5P/c1-3-6(7)5-11-12(8,9)10-4-2/h6-7H,3-5H2,1-2H3,(H,8,9)/t6-/m1/s1. The molecule has 0 saturated carbocycles. The van der Waals surface area contributed by atoms with Gasteiger partial charge in [-0.05, 0) is 13.3 Å². The summed E-state index contributed by atoms with van der Waals surface area (Å²) in [5.41, 5.74) is 0. The molecule has 0 radical (unpaired) electrons. The Morgan fingerprint density at radius 2 is 2.00 bits per heavy atom. The Morgan fingerprint density at radius 1 is 1.42 bits per heavy atom. The molecular formula is C6H15O5P. The van der Waals surface area contributed by atoms with E-state index in [1.165, 1.54) is 0 Å². The highest BCUT2D eigenvalue weighted by atomic mass is 31.2. The number of aliphatic hydroxyl groups excluding tert-OH is 1. The highest BCUT2D eigenvalue weighted by Crippen LogP contribution is 2.42. The second kappa shape index (κ2) is 5.67. The van der Waals surface area contributed by atoms with Gasteiger partial charge in [0.05, 0.1) is 19.3 Å². The second-order valence-corrected chi connectivity index (χ2v) is 3.70. The van der Waals surface area contributed by atoms with Crippen molar-refractivity contribution in [2.75, 3.05) is 13.2 Å². The maximum absolute atomic E-state index is 10.8. The van der Waals surface area contributed by atoms with E-state index < -0.39 is 13.9 Å². The molecule has 0 bridgehead atoms. The fourth-order valence-corrected chi connectivity index (χ4v) is 1.26. The highest BCUT2D eigenvalue weighted by molar-refractivity contribution is 7.47. The van der Waals surface area contributed by atoms with Crippen LogP contribution < -0.4 is 0 Å². The first-order chi connectivity index (χ1) is 5.52. The van der Waals surface area contributed by atoms with Crippen molar-refractivity contribution in [3.05, 3.63) is 0 Å². The van der Waals surface area contributed by atoms with Gasteiger partial charge in [-0.15, -0.1) is 0 Å². The Hall–Kier alpha value is 0.0700. The largest absolute Gasteiger partial charge is 0.472 e. The van der Waals surface area contributed by atoms with Crippen LogP contribution in [0, 0.1) is 0 Å². The van der Waals surface area contributed by atoms with Crippen molar-refractivity contribution >= 4 is 7.82 Å². The molecule has 0 heterocycles. The van der Waals surface area contributed by atoms with Crippen LogP contribution in [0.5, 0.6) is 0 Å². The summed E-state index contributed by atoms with van der Waals surface area (Å²) in [6.45, 7) is 3.26. The first-order valence-corrected chi connectivity index (χ1v) is 5.31. The van der Waals surface area contributed by atoms with Crippen molar-refractivity contribution in [1.29, 1.82) is 0 Å². The molecule has 0 aliphatic carbocycles. The lowest BCUT2D eigenvalue weighted by Crippen LogP contribution is -2.13. The maximum atomic E-state index is 10.8. The molecular weight excluding hydrogens is 183 g/mol. The van der Waals surface area contributed by atoms with Crippen molar-refractivity contribution in [3.63, 3.8) is 0 Å². The third kappa shape index (κ3) is 5.69. The molecule has 0 aliphatic heterocycles. The number of rotatable bonds is 6. The van der Waals surface area contributed by atoms with Gasteiger partial charge in [-0.3, -0.25) is 9.05 Å². The van der Waals surface area contributed by atoms with Crippen LogP contribution in [0.2, 0.25) is 0 Å². The topological polar surface area (TPSA) is 76.0 Å². The van der Waals surface area contributed by atoms with Crippen LogP contribution in [-0.2, 0) is 13.6 Å². The molecule has 1 unspecified atom stereocenters. The lowest BCUT2D eigenvalue weighted by Gasteiger charge is -2.12. The zero-order chi connectivity index (χ0) is 9.61. The van der Waals surface area contributed by atoms with Gasteiger partial charge in [-0.1, -0.05) is 6.92 Å². The van der Waals surface area contributed by atoms with Crippen LogP contribution in [0.3, 0.4) is 0 Å². The van der Waals surface area contributed by atoms with Gasteiger partial charge in [0.1, 0.15) is 0 Å². The summed E-state index contributed by atoms with van der Waals surface area (Å²) in [6, 6.07) is 0. The predicted molar refractivity (Wildman–Crippen MR) is 43.7 cm³/mol. The third-order valence-corrected chi connectivity index (χ3v) is 2.25. The van der Waals surface area contributed by atoms with Crippen LogP contribution >= 0.6 is 7.82 Å². The summed E-state index contributed by atoms with van der Waals surface area (Å²) in [7, 11) is -3.92. The predicted octanol–water partition coefficient (Wildman–Crippen LogP) is 0.911. The Balaban J connectivity index is 3.67. The number of hydrogen-bond acceptors (Lipinski definition) is 4. The van der Waals surface area contributed by atoms with E-state index >= 15 is 0 Å². The third-order valence-electron chi connectivity index (χ3n) is 1.19. The van der Waals surface area contributed by atoms with Gasteiger partial charge >= 0.3 is 7.82 Å². The van der Waals surface area contributed by atoms with Gasteiger partial charge < -0.3 is 10.00 Å². The fourth-order valence-electron chi connectivity index (χ4n) is 0.498. The van der Waals surface area contributed by atoms with Crippen molar-refractivity contribution in [2.45, 2.75) is 26.4 Å². The molecule has 0 aromatic carbocycles. The molecule has 0 amide bonds. The minimum atomic E-state index is -3.92. The van der Waals surface area contributed by atoms with E-state index in [1.54, 1.807) is 13.8 Å². The molecule has 12 heavy (non-hydrogen) atoms. The van der Waals surface area contributed by atoms with Gasteiger partial charge in [0.15, 0.2) is 0 Å². The summed E-state index contributed by atoms with van der Waals surface area (Å²) in [4.78, 5) is 8.86. The number of phosphoric ester groups is 1. The Kier molecular flexibility index (Phi) is 5.70. The average molecular weight is 198 g/mol. The monoisotopic (exact) mass is 198 g/mol. The first-order valence-electron chi connectivity index (χ1n) is 3.81. The molecule has 0 saturated heterocycles. The highest BCUT2D eigenvalue weighted by Gasteiger charge is 2.20. The zero-order valence-corrected chi connectivity index (χ0v) is 8.16. The minimum Gasteiger partial charge on any atom is -0.391 e. The van der Waals surface area contributed by atoms with Gasteiger partial charge in [-0.25, -0.2) is 4.57 Å². The van der Waals surface area contributed by atoms with Crippen molar-refractivity contribution < 1.29 is 23.6 Å². The van der Waals surface area contributed by atoms with Crippen LogP contribution in [0.25, 0.3) is 0 Å². The second-order valence-electron chi connectivity index (χ2n) is 2.24. The number of hydrogen-bond donors (Lipinski definition) is 2. The smallest absolute Gasteiger partial charge is 0.391 e. The summed E-state index contributed by atoms with van der Waals surface area (Å²) >= 11 is 0. The normalized spacial score (nSPS) is 18.7. The molecule has 0 fully saturated rings. The van der Waals surface area contributed by atoms with Crippen molar-refractivity contribution in [1.82, 2.24) is 0 Å². The van der Waals surface area contributed by atoms with Crippen LogP contribution in [0.15, 0.2) is 0 Å². The molecule has 0 aromatic rings. The summed E-state index contributed by atoms with van der Waals surface area (Å²) in [6.07, 6.45) is -0.238. The first kappa shape index (κ1) is 12.1. The summed E-state index contributed by atoms with van der Waals surface area (Å²) in [5, 5.41) is 8.98. The summed E-state index contributed by atoms with van der Waals surface area (Å²) < 4.78 is 19.7. The van der Waals surface area contributed by atoms with Gasteiger partial charge in [0.2, 0.25) is 0 Å². The van der Waals surface area contributed by atoms with Crippen LogP contribution in [0.1, 0.15) is 20.3 Å². The quantitative estimate of drug-likeness (QED) is 0.620. The zero-order valence-electron chi connectivity index (χ0n) is 7.27. The SMILES string of the molecule is CCOP(=O)(O)OC[C@H](O)CC. The molecule has 0 rings (SSSR count). The van der Waals surface area contributed by atoms with Crippen molar-refractivity contribution in [3.8, 4) is 0 Å². The van der Waals surface area contributed by atoms with Gasteiger partial charge in [0, 0.05) is 0 Å². The van der Waals surface area contributed by atoms with E-state index in [-0.39, 0.29) is 13.2 Å². The van der Waals surface area contributed by atoms with E-state index in [0.29, 0.717) is 6.42 Å². The van der Waals surface area contributed by atoms with E-state index in [9.17, 15) is 4.57 Å². The van der Waals surface area contributed by atoms with Crippen LogP contribution in [-0.4, -0.2) is 29.3 Å². The number of phosphoric acid groups is 1. The fraction of sp³-hybridized carbons (Fsp3) is 1.00. The van der Waals surface area contributed by atoms with Crippen molar-refractivity contribution in [2.24, 2.45) is 0 Å². The molecule has 2 N–H and O–H groups in total. The van der Waals surface area contributed by atoms with E-state index in [0.717, 1.165) is 0 Å². The maximum Gasteiger partial charge on any atom is 0.472 e. The Bertz CT molecular complexity index is 160. The Morgan fingerprint density at radius 3 is 2.42 bits per heavy atom. The molecule has 0 spiro atoms. The van der Waals surface area contributed by atoms with E-state index in [2.05, 4.69) is 9.05 Å². The lowest BCUT2D eigenvalue weighted by atomic mass is 10.3. The summed E-state index contributed by atoms with van der Waals surface area (Å²) in [5.74, 6) is 0. The average Bonchev–Trinajstić information content (AvgIpc) is 2.00. The Labute approximate surface area is 71.9 Å². The lowest BCUT2D eigenvalue weighted by molar-refractivity contribution is 0.0727. The van der Waals surface area contributed by atoms with Gasteiger partial charge in [-0.2, -0.15) is 0 Å². The van der Waals surface area contributed by atoms with Crippen LogP contribution in [0.4, 0.5) is 0 Å². The molecule has 2 atom stereocenters. The number of aliphatic hydroxyl groups is 1. The minimum absolute atomic E-state index is 0.107. The molecule has 74 valence electrons. The van der Waals surface area contributed by atoms with E-state index in [4.69, 9.17) is 10.00 Å². The van der Waals surface area contributed by atoms with E-state index in [1.807, 2.05) is 0 Å².